The first-order valence-corrected chi connectivity index (χ1v) is 15.5. The van der Waals surface area contributed by atoms with Gasteiger partial charge in [-0.1, -0.05) is 5.10 Å². The van der Waals surface area contributed by atoms with E-state index in [2.05, 4.69) is 121 Å². The summed E-state index contributed by atoms with van der Waals surface area (Å²) >= 11 is 0.0259. The molecule has 6 heteroatoms. The molecule has 0 spiro atoms. The molecule has 1 aromatic heterocycles. The first-order valence-electron chi connectivity index (χ1n) is 12.9. The Morgan fingerprint density at radius 3 is 2.42 bits per heavy atom. The fourth-order valence-corrected chi connectivity index (χ4v) is 8.00. The third-order valence-corrected chi connectivity index (χ3v) is 10.2. The molecule has 1 atom stereocenters. The van der Waals surface area contributed by atoms with Gasteiger partial charge in [0.05, 0.1) is 0 Å². The number of hydrogen-bond acceptors (Lipinski definition) is 5. The second-order valence-corrected chi connectivity index (χ2v) is 13.8. The normalized spacial score (nSPS) is 16.6. The van der Waals surface area contributed by atoms with Crippen LogP contribution in [0.25, 0.3) is 11.1 Å². The van der Waals surface area contributed by atoms with Crippen molar-refractivity contribution in [2.75, 3.05) is 15.1 Å². The molecule has 1 aliphatic carbocycles. The van der Waals surface area contributed by atoms with Crippen molar-refractivity contribution < 1.29 is 25.6 Å². The second-order valence-electron chi connectivity index (χ2n) is 10.3. The number of hydrogen-bond donors (Lipinski definition) is 1. The third kappa shape index (κ3) is 3.42. The van der Waals surface area contributed by atoms with E-state index >= 15 is 0 Å². The van der Waals surface area contributed by atoms with E-state index in [9.17, 15) is 0 Å². The van der Waals surface area contributed by atoms with Gasteiger partial charge in [0.1, 0.15) is 0 Å². The van der Waals surface area contributed by atoms with Crippen LogP contribution >= 0.6 is 0 Å². The third-order valence-electron chi connectivity index (χ3n) is 7.85. The second kappa shape index (κ2) is 8.70. The van der Waals surface area contributed by atoms with Gasteiger partial charge in [0.15, 0.2) is 0 Å². The van der Waals surface area contributed by atoms with Crippen LogP contribution in [0.1, 0.15) is 54.8 Å². The van der Waals surface area contributed by atoms with Gasteiger partial charge in [-0.15, -0.1) is 0 Å². The molecule has 2 aliphatic rings. The summed E-state index contributed by atoms with van der Waals surface area (Å²) in [6.45, 7) is 7.00. The zero-order chi connectivity index (χ0) is 26.0. The quantitative estimate of drug-likeness (QED) is 0.239. The van der Waals surface area contributed by atoms with Gasteiger partial charge < -0.3 is 5.73 Å². The standard InChI is InChI=1S/C32H28IN4O/c1-4-33-19-13-16-28-26(17-19)32(2,3)25-11-7-8-12-27(25)37(28)20-14-15-23-24(18-20)21-9-5-6-10-22(21)29(23)30-35-36-31(34)38-30/h5-18,29H,4H2,1-3H3,(H2,34,36)/q-1. The number of halogens is 1. The number of aromatic nitrogens is 2. The first kappa shape index (κ1) is 23.5. The van der Waals surface area contributed by atoms with Crippen molar-refractivity contribution >= 4 is 23.1 Å². The molecule has 1 unspecified atom stereocenters. The van der Waals surface area contributed by atoms with Crippen LogP contribution in [0.5, 0.6) is 0 Å². The van der Waals surface area contributed by atoms with E-state index in [1.54, 1.807) is 0 Å². The summed E-state index contributed by atoms with van der Waals surface area (Å²) in [5.74, 6) is 0.407. The van der Waals surface area contributed by atoms with Crippen molar-refractivity contribution in [3.05, 3.63) is 117 Å². The summed E-state index contributed by atoms with van der Waals surface area (Å²) in [5, 5.41) is 8.19. The predicted octanol–water partition coefficient (Wildman–Crippen LogP) is 4.20. The van der Waals surface area contributed by atoms with E-state index in [0.29, 0.717) is 5.89 Å². The van der Waals surface area contributed by atoms with Crippen LogP contribution in [0.2, 0.25) is 0 Å². The van der Waals surface area contributed by atoms with Crippen LogP contribution < -0.4 is 31.8 Å². The predicted molar refractivity (Wildman–Crippen MR) is 148 cm³/mol. The molecule has 190 valence electrons. The van der Waals surface area contributed by atoms with Crippen molar-refractivity contribution in [1.82, 2.24) is 10.2 Å². The van der Waals surface area contributed by atoms with Crippen LogP contribution in [0.3, 0.4) is 0 Å². The average molecular weight is 612 g/mol. The summed E-state index contributed by atoms with van der Waals surface area (Å²) in [5.41, 5.74) is 16.8. The monoisotopic (exact) mass is 611 g/mol. The number of nitrogens with zero attached hydrogens (tertiary/aromatic N) is 3. The minimum atomic E-state index is -0.125. The number of nitrogens with two attached hydrogens (primary N) is 1. The Kier molecular flexibility index (Phi) is 5.37. The van der Waals surface area contributed by atoms with E-state index in [1.807, 2.05) is 0 Å². The van der Waals surface area contributed by atoms with E-state index < -0.39 is 0 Å². The zero-order valence-electron chi connectivity index (χ0n) is 21.6. The molecule has 0 fully saturated rings. The summed E-state index contributed by atoms with van der Waals surface area (Å²) in [6, 6.07) is 31.3. The number of alkyl halides is 1. The molecular formula is C32H28IN4O-. The maximum atomic E-state index is 5.80. The summed E-state index contributed by atoms with van der Waals surface area (Å²) in [6.07, 6.45) is 0. The zero-order valence-corrected chi connectivity index (χ0v) is 23.7. The SMILES string of the molecule is CC[I-]c1ccc2c(c1)C(C)(C)c1ccccc1N2c1ccc2c(c1)-c1ccccc1C2c1nnc(N)o1. The number of anilines is 4. The molecule has 0 amide bonds. The number of para-hydroxylation sites is 1. The van der Waals surface area contributed by atoms with Gasteiger partial charge in [0, 0.05) is 0 Å². The van der Waals surface area contributed by atoms with E-state index in [1.165, 1.54) is 41.6 Å². The van der Waals surface area contributed by atoms with E-state index in [0.717, 1.165) is 16.8 Å². The molecule has 7 rings (SSSR count). The Balaban J connectivity index is 1.43. The van der Waals surface area contributed by atoms with Gasteiger partial charge in [0.2, 0.25) is 0 Å². The Bertz CT molecular complexity index is 1710. The number of benzene rings is 4. The maximum absolute atomic E-state index is 5.80. The van der Waals surface area contributed by atoms with Crippen molar-refractivity contribution in [3.63, 3.8) is 0 Å². The van der Waals surface area contributed by atoms with Crippen LogP contribution in [-0.4, -0.2) is 14.6 Å². The van der Waals surface area contributed by atoms with Crippen molar-refractivity contribution in [2.24, 2.45) is 0 Å². The van der Waals surface area contributed by atoms with E-state index in [-0.39, 0.29) is 38.6 Å². The molecule has 0 radical (unpaired) electrons. The van der Waals surface area contributed by atoms with Gasteiger partial charge in [-0.05, 0) is 0 Å². The van der Waals surface area contributed by atoms with Gasteiger partial charge >= 0.3 is 223 Å². The van der Waals surface area contributed by atoms with Crippen LogP contribution in [0, 0.1) is 3.57 Å². The molecule has 1 aliphatic heterocycles. The number of nitrogen functional groups attached to an aromatic ring is 1. The molecule has 5 nitrogen and oxygen atoms in total. The average Bonchev–Trinajstić information content (AvgIpc) is 3.50. The molecule has 2 heterocycles. The first-order chi connectivity index (χ1) is 18.5. The number of fused-ring (bicyclic) bond motifs is 5. The van der Waals surface area contributed by atoms with Gasteiger partial charge in [0.25, 0.3) is 0 Å². The van der Waals surface area contributed by atoms with E-state index in [4.69, 9.17) is 10.2 Å². The summed E-state index contributed by atoms with van der Waals surface area (Å²) < 4.78 is 8.47. The molecule has 0 saturated heterocycles. The molecule has 5 aromatic rings. The van der Waals surface area contributed by atoms with Crippen LogP contribution in [0.4, 0.5) is 23.1 Å². The smallest absolute Gasteiger partial charge is 0.352 e. The molecule has 2 N–H and O–H groups in total. The fraction of sp³-hybridized carbons (Fsp3) is 0.188. The minimum Gasteiger partial charge on any atom is -0.352 e. The molecule has 38 heavy (non-hydrogen) atoms. The summed E-state index contributed by atoms with van der Waals surface area (Å²) in [4.78, 5) is 2.44. The van der Waals surface area contributed by atoms with Gasteiger partial charge in [-0.25, -0.2) is 0 Å². The number of rotatable bonds is 4. The van der Waals surface area contributed by atoms with Crippen molar-refractivity contribution in [1.29, 1.82) is 0 Å². The van der Waals surface area contributed by atoms with Gasteiger partial charge in [-0.3, -0.25) is 0 Å². The molecule has 0 bridgehead atoms. The van der Waals surface area contributed by atoms with Crippen LogP contribution in [-0.2, 0) is 5.41 Å². The molecular weight excluding hydrogens is 583 g/mol. The Hall–Kier alpha value is -3.65. The Labute approximate surface area is 233 Å². The van der Waals surface area contributed by atoms with Crippen molar-refractivity contribution in [2.45, 2.75) is 32.1 Å². The van der Waals surface area contributed by atoms with Gasteiger partial charge in [-0.2, -0.15) is 0 Å². The Morgan fingerprint density at radius 2 is 1.61 bits per heavy atom. The Morgan fingerprint density at radius 1 is 0.842 bits per heavy atom. The van der Waals surface area contributed by atoms with Crippen LogP contribution in [0.15, 0.2) is 89.3 Å². The van der Waals surface area contributed by atoms with Crippen molar-refractivity contribution in [3.8, 4) is 11.1 Å². The molecule has 4 aromatic carbocycles. The topological polar surface area (TPSA) is 68.2 Å². The fourth-order valence-electron chi connectivity index (χ4n) is 6.15. The summed E-state index contributed by atoms with van der Waals surface area (Å²) in [7, 11) is 0. The minimum absolute atomic E-state index is 0.0259. The molecule has 0 saturated carbocycles.